The molecule has 1 N–H and O–H groups in total. The van der Waals surface area contributed by atoms with Crippen molar-refractivity contribution in [1.82, 2.24) is 9.97 Å². The van der Waals surface area contributed by atoms with E-state index in [1.807, 2.05) is 36.4 Å². The van der Waals surface area contributed by atoms with Gasteiger partial charge in [0.15, 0.2) is 5.16 Å². The Kier molecular flexibility index (Phi) is 6.37. The zero-order valence-electron chi connectivity index (χ0n) is 16.2. The van der Waals surface area contributed by atoms with Gasteiger partial charge in [0.25, 0.3) is 0 Å². The van der Waals surface area contributed by atoms with Crippen LogP contribution < -0.4 is 10.1 Å². The monoisotopic (exact) mass is 437 g/mol. The number of nitrogens with zero attached hydrogens (tertiary/aromatic N) is 2. The van der Waals surface area contributed by atoms with E-state index in [4.69, 9.17) is 0 Å². The molecule has 0 saturated heterocycles. The molecular formula is C23H17F2N3O2S. The lowest BCUT2D eigenvalue weighted by Crippen LogP contribution is -2.14. The first-order chi connectivity index (χ1) is 15.1. The Bertz CT molecular complexity index is 1200. The summed E-state index contributed by atoms with van der Waals surface area (Å²) in [6.45, 7) is -2.89. The van der Waals surface area contributed by atoms with Crippen LogP contribution in [-0.2, 0) is 4.79 Å². The van der Waals surface area contributed by atoms with Crippen molar-refractivity contribution in [2.75, 3.05) is 11.1 Å². The van der Waals surface area contributed by atoms with Crippen molar-refractivity contribution in [1.29, 1.82) is 0 Å². The maximum atomic E-state index is 12.2. The zero-order valence-corrected chi connectivity index (χ0v) is 17.0. The summed E-state index contributed by atoms with van der Waals surface area (Å²) in [7, 11) is 0. The molecule has 1 amide bonds. The fourth-order valence-electron chi connectivity index (χ4n) is 2.97. The van der Waals surface area contributed by atoms with E-state index in [-0.39, 0.29) is 17.4 Å². The zero-order chi connectivity index (χ0) is 21.6. The molecule has 0 spiro atoms. The lowest BCUT2D eigenvalue weighted by molar-refractivity contribution is -0.113. The highest BCUT2D eigenvalue weighted by molar-refractivity contribution is 7.99. The van der Waals surface area contributed by atoms with Gasteiger partial charge >= 0.3 is 6.61 Å². The minimum atomic E-state index is -2.89. The Labute approximate surface area is 181 Å². The molecule has 4 aromatic rings. The van der Waals surface area contributed by atoms with Gasteiger partial charge in [0.05, 0.1) is 11.4 Å². The summed E-state index contributed by atoms with van der Waals surface area (Å²) in [6.07, 6.45) is 1.67. The number of alkyl halides is 2. The number of benzene rings is 3. The standard InChI is InChI=1S/C23H17F2N3O2S/c24-22(25)30-19-9-7-18(8-10-19)27-21(29)14-31-23-26-12-11-20(28-23)17-6-5-15-3-1-2-4-16(15)13-17/h1-13,22H,14H2,(H,27,29). The lowest BCUT2D eigenvalue weighted by atomic mass is 10.1. The Morgan fingerprint density at radius 3 is 2.55 bits per heavy atom. The Hall–Kier alpha value is -3.52. The highest BCUT2D eigenvalue weighted by Gasteiger charge is 2.09. The fraction of sp³-hybridized carbons (Fsp3) is 0.0870. The molecule has 0 aliphatic rings. The second-order valence-electron chi connectivity index (χ2n) is 6.53. The lowest BCUT2D eigenvalue weighted by Gasteiger charge is -2.08. The van der Waals surface area contributed by atoms with E-state index in [2.05, 4.69) is 32.2 Å². The molecule has 0 atom stereocenters. The van der Waals surface area contributed by atoms with Gasteiger partial charge in [-0.1, -0.05) is 48.2 Å². The number of aromatic nitrogens is 2. The number of ether oxygens (including phenoxy) is 1. The third-order valence-corrected chi connectivity index (χ3v) is 5.24. The van der Waals surface area contributed by atoms with Crippen molar-refractivity contribution < 1.29 is 18.3 Å². The Morgan fingerprint density at radius 1 is 1.00 bits per heavy atom. The summed E-state index contributed by atoms with van der Waals surface area (Å²) in [5.41, 5.74) is 2.23. The van der Waals surface area contributed by atoms with E-state index in [1.165, 1.54) is 36.0 Å². The SMILES string of the molecule is O=C(CSc1nccc(-c2ccc3ccccc3c2)n1)Nc1ccc(OC(F)F)cc1. The molecule has 8 heteroatoms. The van der Waals surface area contributed by atoms with E-state index in [0.717, 1.165) is 22.0 Å². The van der Waals surface area contributed by atoms with Gasteiger partial charge in [-0.25, -0.2) is 9.97 Å². The molecule has 0 saturated carbocycles. The Balaban J connectivity index is 1.38. The second kappa shape index (κ2) is 9.53. The van der Waals surface area contributed by atoms with Crippen LogP contribution in [-0.4, -0.2) is 28.2 Å². The van der Waals surface area contributed by atoms with E-state index < -0.39 is 6.61 Å². The van der Waals surface area contributed by atoms with Gasteiger partial charge in [-0.2, -0.15) is 8.78 Å². The van der Waals surface area contributed by atoms with Gasteiger partial charge in [-0.05, 0) is 47.2 Å². The topological polar surface area (TPSA) is 64.1 Å². The normalized spacial score (nSPS) is 10.9. The average molecular weight is 437 g/mol. The maximum Gasteiger partial charge on any atom is 0.387 e. The van der Waals surface area contributed by atoms with Crippen LogP contribution in [0.15, 0.2) is 84.1 Å². The largest absolute Gasteiger partial charge is 0.435 e. The number of amides is 1. The van der Waals surface area contributed by atoms with Gasteiger partial charge in [0.2, 0.25) is 5.91 Å². The number of hydrogen-bond donors (Lipinski definition) is 1. The fourth-order valence-corrected chi connectivity index (χ4v) is 3.60. The quantitative estimate of drug-likeness (QED) is 0.300. The third-order valence-electron chi connectivity index (χ3n) is 4.37. The summed E-state index contributed by atoms with van der Waals surface area (Å²) in [5.74, 6) is -0.121. The molecule has 3 aromatic carbocycles. The third kappa shape index (κ3) is 5.55. The van der Waals surface area contributed by atoms with Crippen molar-refractivity contribution in [3.8, 4) is 17.0 Å². The average Bonchev–Trinajstić information content (AvgIpc) is 2.78. The molecule has 1 heterocycles. The summed E-state index contributed by atoms with van der Waals surface area (Å²) in [6, 6.07) is 21.8. The van der Waals surface area contributed by atoms with Gasteiger partial charge in [-0.15, -0.1) is 0 Å². The van der Waals surface area contributed by atoms with Crippen LogP contribution in [0.25, 0.3) is 22.0 Å². The molecule has 0 unspecified atom stereocenters. The number of anilines is 1. The van der Waals surface area contributed by atoms with Crippen LogP contribution in [0.4, 0.5) is 14.5 Å². The molecule has 31 heavy (non-hydrogen) atoms. The predicted molar refractivity (Wildman–Crippen MR) is 117 cm³/mol. The van der Waals surface area contributed by atoms with Crippen LogP contribution in [0.3, 0.4) is 0 Å². The molecule has 5 nitrogen and oxygen atoms in total. The molecule has 1 aromatic heterocycles. The number of carbonyl (C=O) groups is 1. The Morgan fingerprint density at radius 2 is 1.77 bits per heavy atom. The van der Waals surface area contributed by atoms with Crippen molar-refractivity contribution in [2.45, 2.75) is 11.8 Å². The summed E-state index contributed by atoms with van der Waals surface area (Å²) in [4.78, 5) is 21.0. The van der Waals surface area contributed by atoms with Crippen LogP contribution >= 0.6 is 11.8 Å². The van der Waals surface area contributed by atoms with E-state index >= 15 is 0 Å². The number of halogens is 2. The molecule has 4 rings (SSSR count). The number of rotatable bonds is 7. The van der Waals surface area contributed by atoms with Crippen molar-refractivity contribution >= 4 is 34.1 Å². The van der Waals surface area contributed by atoms with E-state index in [1.54, 1.807) is 6.20 Å². The molecule has 0 bridgehead atoms. The number of fused-ring (bicyclic) bond motifs is 1. The molecule has 0 aliphatic carbocycles. The molecule has 156 valence electrons. The summed E-state index contributed by atoms with van der Waals surface area (Å²) < 4.78 is 28.7. The number of nitrogens with one attached hydrogen (secondary N) is 1. The molecule has 0 radical (unpaired) electrons. The van der Waals surface area contributed by atoms with Gasteiger partial charge in [0, 0.05) is 17.4 Å². The predicted octanol–water partition coefficient (Wildman–Crippen LogP) is 5.63. The molecule has 0 fully saturated rings. The van der Waals surface area contributed by atoms with Crippen molar-refractivity contribution in [2.24, 2.45) is 0 Å². The highest BCUT2D eigenvalue weighted by atomic mass is 32.2. The molecule has 0 aliphatic heterocycles. The summed E-state index contributed by atoms with van der Waals surface area (Å²) >= 11 is 1.21. The van der Waals surface area contributed by atoms with Crippen molar-refractivity contribution in [3.05, 3.63) is 79.0 Å². The van der Waals surface area contributed by atoms with Crippen LogP contribution in [0.2, 0.25) is 0 Å². The number of thioether (sulfide) groups is 1. The van der Waals surface area contributed by atoms with E-state index in [0.29, 0.717) is 10.8 Å². The minimum absolute atomic E-state index is 0.0290. The molecular weight excluding hydrogens is 420 g/mol. The van der Waals surface area contributed by atoms with E-state index in [9.17, 15) is 13.6 Å². The maximum absolute atomic E-state index is 12.2. The summed E-state index contributed by atoms with van der Waals surface area (Å²) in [5, 5.41) is 5.46. The first-order valence-electron chi connectivity index (χ1n) is 9.36. The van der Waals surface area contributed by atoms with Crippen LogP contribution in [0.5, 0.6) is 5.75 Å². The van der Waals surface area contributed by atoms with Gasteiger partial charge in [-0.3, -0.25) is 4.79 Å². The van der Waals surface area contributed by atoms with Crippen molar-refractivity contribution in [3.63, 3.8) is 0 Å². The number of hydrogen-bond acceptors (Lipinski definition) is 5. The highest BCUT2D eigenvalue weighted by Crippen LogP contribution is 2.25. The second-order valence-corrected chi connectivity index (χ2v) is 7.47. The van der Waals surface area contributed by atoms with Crippen LogP contribution in [0, 0.1) is 0 Å². The van der Waals surface area contributed by atoms with Gasteiger partial charge < -0.3 is 10.1 Å². The van der Waals surface area contributed by atoms with Gasteiger partial charge in [0.1, 0.15) is 5.75 Å². The smallest absolute Gasteiger partial charge is 0.387 e. The van der Waals surface area contributed by atoms with Crippen LogP contribution in [0.1, 0.15) is 0 Å². The number of carbonyl (C=O) groups excluding carboxylic acids is 1. The first-order valence-corrected chi connectivity index (χ1v) is 10.4. The first kappa shape index (κ1) is 20.7. The minimum Gasteiger partial charge on any atom is -0.435 e.